The van der Waals surface area contributed by atoms with E-state index in [-0.39, 0.29) is 12.3 Å². The smallest absolute Gasteiger partial charge is 0.312 e. The number of hydrogen-bond acceptors (Lipinski definition) is 4. The molecule has 3 amide bonds. The topological polar surface area (TPSA) is 103 Å². The van der Waals surface area contributed by atoms with Gasteiger partial charge in [-0.05, 0) is 42.0 Å². The van der Waals surface area contributed by atoms with Crippen molar-refractivity contribution < 1.29 is 19.1 Å². The molecule has 8 heteroatoms. The number of amides is 3. The van der Waals surface area contributed by atoms with Gasteiger partial charge in [-0.1, -0.05) is 23.7 Å². The number of rotatable bonds is 9. The van der Waals surface area contributed by atoms with Crippen molar-refractivity contribution in [3.63, 3.8) is 0 Å². The predicted octanol–water partition coefficient (Wildman–Crippen LogP) is 2.64. The third-order valence-corrected chi connectivity index (χ3v) is 3.98. The summed E-state index contributed by atoms with van der Waals surface area (Å²) in [6.07, 6.45) is 0.0487. The maximum Gasteiger partial charge on any atom is 0.312 e. The van der Waals surface area contributed by atoms with E-state index in [4.69, 9.17) is 26.8 Å². The number of ether oxygens (including phenoxy) is 2. The molecule has 2 aromatic rings. The number of carbonyl (C=O) groups excluding carboxylic acids is 2. The molecule has 0 aliphatic rings. The quantitative estimate of drug-likeness (QED) is 0.572. The number of methoxy groups -OCH3 is 1. The van der Waals surface area contributed by atoms with Gasteiger partial charge in [-0.15, -0.1) is 0 Å². The summed E-state index contributed by atoms with van der Waals surface area (Å²) in [5, 5.41) is 5.89. The van der Waals surface area contributed by atoms with Gasteiger partial charge in [-0.3, -0.25) is 4.79 Å². The van der Waals surface area contributed by atoms with Gasteiger partial charge in [0, 0.05) is 5.02 Å². The van der Waals surface area contributed by atoms with Crippen molar-refractivity contribution in [2.24, 2.45) is 5.73 Å². The van der Waals surface area contributed by atoms with Gasteiger partial charge in [0.15, 0.2) is 0 Å². The zero-order valence-electron chi connectivity index (χ0n) is 14.9. The van der Waals surface area contributed by atoms with Gasteiger partial charge in [0.1, 0.15) is 18.1 Å². The molecule has 27 heavy (non-hydrogen) atoms. The fourth-order valence-electron chi connectivity index (χ4n) is 2.41. The number of primary amides is 1. The van der Waals surface area contributed by atoms with E-state index in [9.17, 15) is 9.59 Å². The molecule has 0 spiro atoms. The van der Waals surface area contributed by atoms with Crippen LogP contribution in [0.15, 0.2) is 48.5 Å². The Morgan fingerprint density at radius 3 is 2.30 bits per heavy atom. The summed E-state index contributed by atoms with van der Waals surface area (Å²) >= 11 is 5.87. The first-order valence-corrected chi connectivity index (χ1v) is 8.70. The molecule has 0 aliphatic heterocycles. The van der Waals surface area contributed by atoms with Gasteiger partial charge < -0.3 is 25.8 Å². The van der Waals surface area contributed by atoms with Crippen molar-refractivity contribution in [2.45, 2.75) is 12.5 Å². The lowest BCUT2D eigenvalue weighted by Crippen LogP contribution is -2.37. The molecule has 0 aromatic heterocycles. The standard InChI is InChI=1S/C19H22ClN3O4/c1-26-15-6-8-16(9-7-15)27-11-10-22-18(24)12-17(23-19(21)25)13-2-4-14(20)5-3-13/h2-9,17H,10-12H2,1H3,(H,22,24)(H3,21,23,25)/t17-/m1/s1. The highest BCUT2D eigenvalue weighted by atomic mass is 35.5. The normalized spacial score (nSPS) is 11.3. The van der Waals surface area contributed by atoms with Crippen LogP contribution in [0.5, 0.6) is 11.5 Å². The van der Waals surface area contributed by atoms with E-state index < -0.39 is 12.1 Å². The molecule has 0 saturated heterocycles. The van der Waals surface area contributed by atoms with Crippen LogP contribution in [0.25, 0.3) is 0 Å². The Bertz CT molecular complexity index is 751. The van der Waals surface area contributed by atoms with Crippen molar-refractivity contribution >= 4 is 23.5 Å². The Hall–Kier alpha value is -2.93. The molecular weight excluding hydrogens is 370 g/mol. The molecule has 0 radical (unpaired) electrons. The second kappa shape index (κ2) is 10.3. The average molecular weight is 392 g/mol. The minimum absolute atomic E-state index is 0.0487. The lowest BCUT2D eigenvalue weighted by atomic mass is 10.0. The van der Waals surface area contributed by atoms with E-state index >= 15 is 0 Å². The van der Waals surface area contributed by atoms with Crippen LogP contribution in [0.2, 0.25) is 5.02 Å². The van der Waals surface area contributed by atoms with E-state index in [1.54, 1.807) is 55.6 Å². The van der Waals surface area contributed by atoms with E-state index in [1.807, 2.05) is 0 Å². The lowest BCUT2D eigenvalue weighted by Gasteiger charge is -2.18. The highest BCUT2D eigenvalue weighted by Crippen LogP contribution is 2.19. The molecule has 0 heterocycles. The molecule has 4 N–H and O–H groups in total. The van der Waals surface area contributed by atoms with Crippen molar-refractivity contribution in [3.8, 4) is 11.5 Å². The molecule has 0 unspecified atom stereocenters. The first-order chi connectivity index (χ1) is 13.0. The summed E-state index contributed by atoms with van der Waals surface area (Å²) < 4.78 is 10.6. The Labute approximate surface area is 162 Å². The van der Waals surface area contributed by atoms with E-state index in [0.717, 1.165) is 11.3 Å². The summed E-state index contributed by atoms with van der Waals surface area (Å²) in [6, 6.07) is 12.8. The van der Waals surface area contributed by atoms with E-state index in [1.165, 1.54) is 0 Å². The van der Waals surface area contributed by atoms with Crippen LogP contribution in [0, 0.1) is 0 Å². The third-order valence-electron chi connectivity index (χ3n) is 3.73. The molecule has 0 bridgehead atoms. The number of nitrogens with two attached hydrogens (primary N) is 1. The number of hydrogen-bond donors (Lipinski definition) is 3. The number of carbonyl (C=O) groups is 2. The first-order valence-electron chi connectivity index (χ1n) is 8.33. The van der Waals surface area contributed by atoms with Gasteiger partial charge in [0.2, 0.25) is 5.91 Å². The van der Waals surface area contributed by atoms with Gasteiger partial charge in [0.25, 0.3) is 0 Å². The zero-order valence-corrected chi connectivity index (χ0v) is 15.7. The van der Waals surface area contributed by atoms with Crippen LogP contribution in [-0.2, 0) is 4.79 Å². The average Bonchev–Trinajstić information content (AvgIpc) is 2.65. The monoisotopic (exact) mass is 391 g/mol. The van der Waals surface area contributed by atoms with Crippen molar-refractivity contribution in [1.29, 1.82) is 0 Å². The van der Waals surface area contributed by atoms with E-state index in [0.29, 0.717) is 23.9 Å². The minimum atomic E-state index is -0.703. The molecule has 7 nitrogen and oxygen atoms in total. The molecule has 144 valence electrons. The lowest BCUT2D eigenvalue weighted by molar-refractivity contribution is -0.121. The Morgan fingerprint density at radius 2 is 1.70 bits per heavy atom. The summed E-state index contributed by atoms with van der Waals surface area (Å²) in [6.45, 7) is 0.641. The van der Waals surface area contributed by atoms with Crippen molar-refractivity contribution in [1.82, 2.24) is 10.6 Å². The van der Waals surface area contributed by atoms with Crippen molar-refractivity contribution in [2.75, 3.05) is 20.3 Å². The predicted molar refractivity (Wildman–Crippen MR) is 103 cm³/mol. The minimum Gasteiger partial charge on any atom is -0.497 e. The molecule has 0 saturated carbocycles. The second-order valence-electron chi connectivity index (χ2n) is 5.69. The van der Waals surface area contributed by atoms with Gasteiger partial charge in [0.05, 0.1) is 26.1 Å². The maximum absolute atomic E-state index is 12.2. The summed E-state index contributed by atoms with van der Waals surface area (Å²) in [4.78, 5) is 23.4. The van der Waals surface area contributed by atoms with E-state index in [2.05, 4.69) is 10.6 Å². The van der Waals surface area contributed by atoms with Gasteiger partial charge >= 0.3 is 6.03 Å². The molecule has 2 aromatic carbocycles. The van der Waals surface area contributed by atoms with Gasteiger partial charge in [-0.2, -0.15) is 0 Å². The number of nitrogens with one attached hydrogen (secondary N) is 2. The zero-order chi connectivity index (χ0) is 19.6. The molecule has 1 atom stereocenters. The van der Waals surface area contributed by atoms with Gasteiger partial charge in [-0.25, -0.2) is 4.79 Å². The number of halogens is 1. The molecule has 2 rings (SSSR count). The molecule has 0 fully saturated rings. The van der Waals surface area contributed by atoms with Crippen LogP contribution in [0.3, 0.4) is 0 Å². The van der Waals surface area contributed by atoms with Crippen molar-refractivity contribution in [3.05, 3.63) is 59.1 Å². The Morgan fingerprint density at radius 1 is 1.07 bits per heavy atom. The Kier molecular flexibility index (Phi) is 7.76. The number of urea groups is 1. The summed E-state index contributed by atoms with van der Waals surface area (Å²) in [5.41, 5.74) is 5.95. The van der Waals surface area contributed by atoms with Crippen LogP contribution in [0.1, 0.15) is 18.0 Å². The number of benzene rings is 2. The SMILES string of the molecule is COc1ccc(OCCNC(=O)C[C@@H](NC(N)=O)c2ccc(Cl)cc2)cc1. The van der Waals surface area contributed by atoms with Crippen LogP contribution < -0.4 is 25.8 Å². The molecule has 0 aliphatic carbocycles. The fourth-order valence-corrected chi connectivity index (χ4v) is 2.53. The maximum atomic E-state index is 12.2. The largest absolute Gasteiger partial charge is 0.497 e. The third kappa shape index (κ3) is 7.07. The highest BCUT2D eigenvalue weighted by Gasteiger charge is 2.17. The molecular formula is C19H22ClN3O4. The highest BCUT2D eigenvalue weighted by molar-refractivity contribution is 6.30. The summed E-state index contributed by atoms with van der Waals surface area (Å²) in [7, 11) is 1.59. The van der Waals surface area contributed by atoms with Crippen LogP contribution in [-0.4, -0.2) is 32.2 Å². The first kappa shape index (κ1) is 20.4. The second-order valence-corrected chi connectivity index (χ2v) is 6.13. The Balaban J connectivity index is 1.80. The summed E-state index contributed by atoms with van der Waals surface area (Å²) in [5.74, 6) is 1.19. The van der Waals surface area contributed by atoms with Crippen LogP contribution >= 0.6 is 11.6 Å². The fraction of sp³-hybridized carbons (Fsp3) is 0.263. The van der Waals surface area contributed by atoms with Crippen LogP contribution in [0.4, 0.5) is 4.79 Å².